The summed E-state index contributed by atoms with van der Waals surface area (Å²) in [5.74, 6) is 0.438. The molecule has 1 unspecified atom stereocenters. The van der Waals surface area contributed by atoms with Crippen LogP contribution in [0.5, 0.6) is 5.75 Å². The Morgan fingerprint density at radius 3 is 2.88 bits per heavy atom. The minimum Gasteiger partial charge on any atom is -0.489 e. The van der Waals surface area contributed by atoms with Crippen molar-refractivity contribution in [1.29, 1.82) is 0 Å². The van der Waals surface area contributed by atoms with E-state index in [2.05, 4.69) is 15.9 Å². The van der Waals surface area contributed by atoms with E-state index < -0.39 is 6.10 Å². The van der Waals surface area contributed by atoms with E-state index >= 15 is 0 Å². The molecule has 0 bridgehead atoms. The second-order valence-electron chi connectivity index (χ2n) is 3.20. The molecule has 4 nitrogen and oxygen atoms in total. The molecule has 0 saturated carbocycles. The van der Waals surface area contributed by atoms with Gasteiger partial charge in [0, 0.05) is 7.11 Å². The lowest BCUT2D eigenvalue weighted by Crippen LogP contribution is -2.23. The molecule has 0 fully saturated rings. The van der Waals surface area contributed by atoms with E-state index in [1.54, 1.807) is 18.2 Å². The van der Waals surface area contributed by atoms with Crippen molar-refractivity contribution in [2.45, 2.75) is 6.10 Å². The van der Waals surface area contributed by atoms with E-state index in [0.29, 0.717) is 22.1 Å². The second kappa shape index (κ2) is 6.62. The van der Waals surface area contributed by atoms with Crippen LogP contribution >= 0.6 is 15.9 Å². The Kier molecular flexibility index (Phi) is 5.45. The van der Waals surface area contributed by atoms with E-state index in [9.17, 15) is 9.90 Å². The van der Waals surface area contributed by atoms with Crippen molar-refractivity contribution in [1.82, 2.24) is 0 Å². The van der Waals surface area contributed by atoms with Gasteiger partial charge in [-0.25, -0.2) is 0 Å². The van der Waals surface area contributed by atoms with E-state index in [0.717, 1.165) is 0 Å². The van der Waals surface area contributed by atoms with Crippen LogP contribution in [0.2, 0.25) is 0 Å². The van der Waals surface area contributed by atoms with Crippen LogP contribution in [0.25, 0.3) is 0 Å². The van der Waals surface area contributed by atoms with Crippen molar-refractivity contribution in [2.75, 3.05) is 20.3 Å². The molecule has 1 rings (SSSR count). The lowest BCUT2D eigenvalue weighted by molar-refractivity contribution is 0.0322. The summed E-state index contributed by atoms with van der Waals surface area (Å²) in [6.45, 7) is 0.276. The maximum absolute atomic E-state index is 10.8. The fourth-order valence-electron chi connectivity index (χ4n) is 1.19. The average molecular weight is 289 g/mol. The van der Waals surface area contributed by atoms with Crippen molar-refractivity contribution in [3.05, 3.63) is 28.2 Å². The van der Waals surface area contributed by atoms with Crippen LogP contribution in [0, 0.1) is 0 Å². The van der Waals surface area contributed by atoms with Gasteiger partial charge in [0.05, 0.1) is 16.6 Å². The molecular weight excluding hydrogens is 276 g/mol. The van der Waals surface area contributed by atoms with Crippen LogP contribution in [0.3, 0.4) is 0 Å². The normalized spacial score (nSPS) is 12.2. The molecule has 16 heavy (non-hydrogen) atoms. The molecule has 0 aliphatic rings. The number of methoxy groups -OCH3 is 1. The number of halogens is 1. The highest BCUT2D eigenvalue weighted by Crippen LogP contribution is 2.27. The summed E-state index contributed by atoms with van der Waals surface area (Å²) in [5.41, 5.74) is 0.444. The monoisotopic (exact) mass is 288 g/mol. The number of hydrogen-bond acceptors (Lipinski definition) is 4. The number of para-hydroxylation sites is 1. The van der Waals surface area contributed by atoms with E-state index in [1.807, 2.05) is 0 Å². The topological polar surface area (TPSA) is 55.8 Å². The number of benzene rings is 1. The molecule has 0 radical (unpaired) electrons. The van der Waals surface area contributed by atoms with Gasteiger partial charge in [0.25, 0.3) is 0 Å². The maximum Gasteiger partial charge on any atom is 0.153 e. The number of rotatable bonds is 6. The highest BCUT2D eigenvalue weighted by atomic mass is 79.9. The Morgan fingerprint density at radius 2 is 2.25 bits per heavy atom. The summed E-state index contributed by atoms with van der Waals surface area (Å²) in [6.07, 6.45) is -0.000368. The van der Waals surface area contributed by atoms with Crippen molar-refractivity contribution < 1.29 is 19.4 Å². The SMILES string of the molecule is COCC(O)COc1c(Br)cccc1C=O. The van der Waals surface area contributed by atoms with Crippen molar-refractivity contribution in [2.24, 2.45) is 0 Å². The zero-order valence-corrected chi connectivity index (χ0v) is 10.4. The van der Waals surface area contributed by atoms with Gasteiger partial charge in [-0.3, -0.25) is 4.79 Å². The first-order valence-electron chi connectivity index (χ1n) is 4.72. The molecule has 1 N–H and O–H groups in total. The molecule has 0 aliphatic heterocycles. The summed E-state index contributed by atoms with van der Waals surface area (Å²) in [5, 5.41) is 9.41. The number of hydrogen-bond donors (Lipinski definition) is 1. The third-order valence-electron chi connectivity index (χ3n) is 1.90. The zero-order chi connectivity index (χ0) is 12.0. The van der Waals surface area contributed by atoms with E-state index in [-0.39, 0.29) is 13.2 Å². The molecule has 0 saturated heterocycles. The number of aldehydes is 1. The Balaban J connectivity index is 2.69. The number of ether oxygens (including phenoxy) is 2. The predicted molar refractivity (Wildman–Crippen MR) is 62.9 cm³/mol. The van der Waals surface area contributed by atoms with Gasteiger partial charge in [-0.1, -0.05) is 6.07 Å². The van der Waals surface area contributed by atoms with Gasteiger partial charge >= 0.3 is 0 Å². The van der Waals surface area contributed by atoms with Gasteiger partial charge in [0.2, 0.25) is 0 Å². The molecule has 88 valence electrons. The summed E-state index contributed by atoms with van der Waals surface area (Å²) >= 11 is 3.28. The fraction of sp³-hybridized carbons (Fsp3) is 0.364. The fourth-order valence-corrected chi connectivity index (χ4v) is 1.69. The van der Waals surface area contributed by atoms with Crippen LogP contribution in [-0.4, -0.2) is 37.8 Å². The number of aliphatic hydroxyl groups is 1. The largest absolute Gasteiger partial charge is 0.489 e. The van der Waals surface area contributed by atoms with Crippen LogP contribution in [-0.2, 0) is 4.74 Å². The lowest BCUT2D eigenvalue weighted by Gasteiger charge is -2.13. The Morgan fingerprint density at radius 1 is 1.50 bits per heavy atom. The summed E-state index contributed by atoms with van der Waals surface area (Å²) < 4.78 is 10.8. The molecule has 0 aliphatic carbocycles. The predicted octanol–water partition coefficient (Wildman–Crippen LogP) is 1.65. The van der Waals surface area contributed by atoms with Crippen molar-refractivity contribution in [3.8, 4) is 5.75 Å². The molecule has 1 atom stereocenters. The Labute approximate surface area is 102 Å². The van der Waals surface area contributed by atoms with Gasteiger partial charge < -0.3 is 14.6 Å². The van der Waals surface area contributed by atoms with Gasteiger partial charge in [-0.05, 0) is 28.1 Å². The maximum atomic E-state index is 10.8. The quantitative estimate of drug-likeness (QED) is 0.809. The van der Waals surface area contributed by atoms with E-state index in [4.69, 9.17) is 9.47 Å². The Bertz CT molecular complexity index is 354. The van der Waals surface area contributed by atoms with Crippen molar-refractivity contribution in [3.63, 3.8) is 0 Å². The van der Waals surface area contributed by atoms with E-state index in [1.165, 1.54) is 7.11 Å². The molecule has 0 heterocycles. The smallest absolute Gasteiger partial charge is 0.153 e. The Hall–Kier alpha value is -0.910. The number of carbonyl (C=O) groups is 1. The summed E-state index contributed by atoms with van der Waals surface area (Å²) in [4.78, 5) is 10.8. The van der Waals surface area contributed by atoms with Crippen LogP contribution in [0.15, 0.2) is 22.7 Å². The molecule has 0 aromatic heterocycles. The van der Waals surface area contributed by atoms with Crippen LogP contribution < -0.4 is 4.74 Å². The van der Waals surface area contributed by atoms with Gasteiger partial charge in [-0.2, -0.15) is 0 Å². The summed E-state index contributed by atoms with van der Waals surface area (Å²) in [6, 6.07) is 5.16. The molecule has 0 amide bonds. The first kappa shape index (κ1) is 13.2. The molecule has 5 heteroatoms. The van der Waals surface area contributed by atoms with Gasteiger partial charge in [0.15, 0.2) is 6.29 Å². The standard InChI is InChI=1S/C11H13BrO4/c1-15-6-9(14)7-16-11-8(5-13)3-2-4-10(11)12/h2-5,9,14H,6-7H2,1H3. The molecule has 1 aromatic carbocycles. The van der Waals surface area contributed by atoms with Gasteiger partial charge in [0.1, 0.15) is 18.5 Å². The minimum absolute atomic E-state index is 0.0806. The zero-order valence-electron chi connectivity index (χ0n) is 8.85. The average Bonchev–Trinajstić information content (AvgIpc) is 2.27. The first-order valence-corrected chi connectivity index (χ1v) is 5.51. The second-order valence-corrected chi connectivity index (χ2v) is 4.05. The third kappa shape index (κ3) is 3.59. The molecular formula is C11H13BrO4. The number of carbonyl (C=O) groups excluding carboxylic acids is 1. The van der Waals surface area contributed by atoms with Crippen molar-refractivity contribution >= 4 is 22.2 Å². The highest BCUT2D eigenvalue weighted by Gasteiger charge is 2.10. The number of aliphatic hydroxyl groups excluding tert-OH is 1. The summed E-state index contributed by atoms with van der Waals surface area (Å²) in [7, 11) is 1.50. The van der Waals surface area contributed by atoms with Crippen LogP contribution in [0.1, 0.15) is 10.4 Å². The third-order valence-corrected chi connectivity index (χ3v) is 2.53. The molecule has 1 aromatic rings. The van der Waals surface area contributed by atoms with Gasteiger partial charge in [-0.15, -0.1) is 0 Å². The van der Waals surface area contributed by atoms with Crippen LogP contribution in [0.4, 0.5) is 0 Å². The minimum atomic E-state index is -0.711. The lowest BCUT2D eigenvalue weighted by atomic mass is 10.2. The molecule has 0 spiro atoms. The highest BCUT2D eigenvalue weighted by molar-refractivity contribution is 9.10. The first-order chi connectivity index (χ1) is 7.69.